The van der Waals surface area contributed by atoms with Crippen molar-refractivity contribution < 1.29 is 9.18 Å². The molecule has 118 valence electrons. The second kappa shape index (κ2) is 5.50. The maximum atomic E-state index is 14.4. The van der Waals surface area contributed by atoms with E-state index in [1.807, 2.05) is 30.3 Å². The summed E-state index contributed by atoms with van der Waals surface area (Å²) in [5.74, 6) is -1.15. The summed E-state index contributed by atoms with van der Waals surface area (Å²) in [7, 11) is 1.58. The second-order valence-corrected chi connectivity index (χ2v) is 5.84. The zero-order valence-electron chi connectivity index (χ0n) is 13.0. The third-order valence-electron chi connectivity index (χ3n) is 4.38. The van der Waals surface area contributed by atoms with E-state index >= 15 is 0 Å². The highest BCUT2D eigenvalue weighted by atomic mass is 19.1. The predicted molar refractivity (Wildman–Crippen MR) is 87.3 cm³/mol. The van der Waals surface area contributed by atoms with E-state index in [1.165, 1.54) is 11.0 Å². The van der Waals surface area contributed by atoms with Crippen molar-refractivity contribution in [1.82, 2.24) is 4.90 Å². The molecule has 2 aromatic carbocycles. The number of aliphatic imine (C=N–C) groups is 1. The van der Waals surface area contributed by atoms with Crippen LogP contribution in [0.25, 0.3) is 0 Å². The standard InChI is InChI=1S/C18H18FN3O/c1-18(13-10-6-7-11-14(13)19)15(12-8-4-3-5-9-12)16(23)22(2)17(20)21-18/h3-11,15H,1-2H3,(H2,20,21)/t15-,18+/m0/s1. The van der Waals surface area contributed by atoms with Crippen LogP contribution in [0.3, 0.4) is 0 Å². The van der Waals surface area contributed by atoms with Crippen LogP contribution in [0.15, 0.2) is 59.6 Å². The number of amides is 1. The van der Waals surface area contributed by atoms with Gasteiger partial charge in [-0.15, -0.1) is 0 Å². The highest BCUT2D eigenvalue weighted by molar-refractivity contribution is 6.02. The Hall–Kier alpha value is -2.69. The molecule has 1 aliphatic heterocycles. The van der Waals surface area contributed by atoms with Gasteiger partial charge in [0.1, 0.15) is 11.4 Å². The molecule has 0 aromatic heterocycles. The Balaban J connectivity index is 2.26. The third kappa shape index (κ3) is 2.38. The molecule has 1 aliphatic rings. The molecule has 0 bridgehead atoms. The molecule has 1 heterocycles. The monoisotopic (exact) mass is 311 g/mol. The largest absolute Gasteiger partial charge is 0.369 e. The molecule has 1 amide bonds. The Morgan fingerprint density at radius 1 is 1.13 bits per heavy atom. The molecule has 0 saturated heterocycles. The number of benzene rings is 2. The van der Waals surface area contributed by atoms with E-state index in [9.17, 15) is 9.18 Å². The molecule has 0 radical (unpaired) electrons. The zero-order chi connectivity index (χ0) is 16.6. The first-order valence-corrected chi connectivity index (χ1v) is 7.38. The Morgan fingerprint density at radius 2 is 1.74 bits per heavy atom. The summed E-state index contributed by atoms with van der Waals surface area (Å²) >= 11 is 0. The fraction of sp³-hybridized carbons (Fsp3) is 0.222. The van der Waals surface area contributed by atoms with Gasteiger partial charge in [0.25, 0.3) is 0 Å². The fourth-order valence-electron chi connectivity index (χ4n) is 3.12. The van der Waals surface area contributed by atoms with Crippen molar-refractivity contribution in [2.75, 3.05) is 7.05 Å². The SMILES string of the molecule is CN1C(=O)[C@H](c2ccccc2)[C@@](C)(c2ccccc2F)N=C1N. The molecule has 2 aromatic rings. The van der Waals surface area contributed by atoms with Gasteiger partial charge in [0.05, 0.1) is 5.92 Å². The number of guanidine groups is 1. The van der Waals surface area contributed by atoms with E-state index in [0.29, 0.717) is 5.56 Å². The number of rotatable bonds is 2. The van der Waals surface area contributed by atoms with Crippen LogP contribution in [-0.2, 0) is 10.3 Å². The molecular formula is C18H18FN3O. The van der Waals surface area contributed by atoms with Gasteiger partial charge in [-0.2, -0.15) is 0 Å². The summed E-state index contributed by atoms with van der Waals surface area (Å²) in [6.45, 7) is 1.75. The van der Waals surface area contributed by atoms with Gasteiger partial charge < -0.3 is 5.73 Å². The van der Waals surface area contributed by atoms with Crippen LogP contribution in [0.5, 0.6) is 0 Å². The number of likely N-dealkylation sites (N-methyl/N-ethyl adjacent to an activating group) is 1. The average molecular weight is 311 g/mol. The number of carbonyl (C=O) groups excluding carboxylic acids is 1. The first-order chi connectivity index (χ1) is 10.9. The highest BCUT2D eigenvalue weighted by Crippen LogP contribution is 2.44. The number of nitrogens with two attached hydrogens (primary N) is 1. The van der Waals surface area contributed by atoms with Crippen LogP contribution in [-0.4, -0.2) is 23.8 Å². The molecule has 0 fully saturated rings. The minimum absolute atomic E-state index is 0.0907. The lowest BCUT2D eigenvalue weighted by molar-refractivity contribution is -0.130. The van der Waals surface area contributed by atoms with Crippen LogP contribution < -0.4 is 5.73 Å². The minimum Gasteiger partial charge on any atom is -0.369 e. The van der Waals surface area contributed by atoms with E-state index in [-0.39, 0.29) is 11.9 Å². The van der Waals surface area contributed by atoms with Crippen molar-refractivity contribution in [3.05, 3.63) is 71.5 Å². The minimum atomic E-state index is -1.10. The zero-order valence-corrected chi connectivity index (χ0v) is 13.0. The van der Waals surface area contributed by atoms with E-state index in [0.717, 1.165) is 5.56 Å². The van der Waals surface area contributed by atoms with Crippen molar-refractivity contribution in [2.24, 2.45) is 10.7 Å². The number of nitrogens with zero attached hydrogens (tertiary/aromatic N) is 2. The van der Waals surface area contributed by atoms with E-state index in [1.54, 1.807) is 32.2 Å². The maximum absolute atomic E-state index is 14.4. The Bertz CT molecular complexity index is 775. The van der Waals surface area contributed by atoms with Crippen molar-refractivity contribution in [2.45, 2.75) is 18.4 Å². The lowest BCUT2D eigenvalue weighted by Gasteiger charge is -2.40. The van der Waals surface area contributed by atoms with Crippen LogP contribution in [0.4, 0.5) is 4.39 Å². The average Bonchev–Trinajstić information content (AvgIpc) is 2.54. The van der Waals surface area contributed by atoms with Gasteiger partial charge in [0.2, 0.25) is 5.91 Å². The maximum Gasteiger partial charge on any atom is 0.239 e. The molecule has 23 heavy (non-hydrogen) atoms. The van der Waals surface area contributed by atoms with E-state index in [2.05, 4.69) is 4.99 Å². The molecule has 2 N–H and O–H groups in total. The molecular weight excluding hydrogens is 293 g/mol. The summed E-state index contributed by atoms with van der Waals surface area (Å²) in [6, 6.07) is 15.7. The quantitative estimate of drug-likeness (QED) is 0.927. The van der Waals surface area contributed by atoms with Gasteiger partial charge in [-0.1, -0.05) is 48.5 Å². The summed E-state index contributed by atoms with van der Waals surface area (Å²) in [4.78, 5) is 18.7. The number of hydrogen-bond donors (Lipinski definition) is 1. The Labute approximate surface area is 134 Å². The molecule has 2 atom stereocenters. The number of carbonyl (C=O) groups is 1. The van der Waals surface area contributed by atoms with Crippen molar-refractivity contribution >= 4 is 11.9 Å². The second-order valence-electron chi connectivity index (χ2n) is 5.84. The summed E-state index contributed by atoms with van der Waals surface area (Å²) in [5.41, 5.74) is 5.95. The lowest BCUT2D eigenvalue weighted by atomic mass is 9.74. The molecule has 3 rings (SSSR count). The van der Waals surface area contributed by atoms with E-state index in [4.69, 9.17) is 5.73 Å². The molecule has 5 heteroatoms. The smallest absolute Gasteiger partial charge is 0.239 e. The van der Waals surface area contributed by atoms with Gasteiger partial charge in [-0.05, 0) is 18.6 Å². The number of hydrogen-bond acceptors (Lipinski definition) is 3. The van der Waals surface area contributed by atoms with Gasteiger partial charge in [-0.3, -0.25) is 9.69 Å². The highest BCUT2D eigenvalue weighted by Gasteiger charge is 2.48. The normalized spacial score (nSPS) is 24.5. The summed E-state index contributed by atoms with van der Waals surface area (Å²) in [6.07, 6.45) is 0. The van der Waals surface area contributed by atoms with Gasteiger partial charge in [-0.25, -0.2) is 9.38 Å². The third-order valence-corrected chi connectivity index (χ3v) is 4.38. The molecule has 4 nitrogen and oxygen atoms in total. The van der Waals surface area contributed by atoms with Crippen LogP contribution in [0.1, 0.15) is 24.0 Å². The summed E-state index contributed by atoms with van der Waals surface area (Å²) < 4.78 is 14.4. The van der Waals surface area contributed by atoms with Crippen LogP contribution in [0.2, 0.25) is 0 Å². The fourth-order valence-corrected chi connectivity index (χ4v) is 3.12. The van der Waals surface area contributed by atoms with Crippen molar-refractivity contribution in [3.8, 4) is 0 Å². The predicted octanol–water partition coefficient (Wildman–Crippen LogP) is 2.61. The first-order valence-electron chi connectivity index (χ1n) is 7.38. The van der Waals surface area contributed by atoms with Gasteiger partial charge in [0, 0.05) is 12.6 Å². The summed E-state index contributed by atoms with van der Waals surface area (Å²) in [5, 5.41) is 0. The van der Waals surface area contributed by atoms with Gasteiger partial charge in [0.15, 0.2) is 5.96 Å². The van der Waals surface area contributed by atoms with E-state index < -0.39 is 17.3 Å². The molecule has 0 aliphatic carbocycles. The Kier molecular flexibility index (Phi) is 3.64. The van der Waals surface area contributed by atoms with Crippen molar-refractivity contribution in [3.63, 3.8) is 0 Å². The topological polar surface area (TPSA) is 58.7 Å². The molecule has 0 spiro atoms. The number of halogens is 1. The van der Waals surface area contributed by atoms with Crippen LogP contribution in [0, 0.1) is 5.82 Å². The lowest BCUT2D eigenvalue weighted by Crippen LogP contribution is -2.52. The molecule has 0 unspecified atom stereocenters. The first kappa shape index (κ1) is 15.2. The van der Waals surface area contributed by atoms with Crippen LogP contribution >= 0.6 is 0 Å². The van der Waals surface area contributed by atoms with Crippen molar-refractivity contribution in [1.29, 1.82) is 0 Å². The Morgan fingerprint density at radius 3 is 2.39 bits per heavy atom. The molecule has 0 saturated carbocycles. The van der Waals surface area contributed by atoms with Gasteiger partial charge >= 0.3 is 0 Å².